The highest BCUT2D eigenvalue weighted by molar-refractivity contribution is 5.76. The largest absolute Gasteiger partial charge is 0.465 e. The Bertz CT molecular complexity index is 558. The van der Waals surface area contributed by atoms with Gasteiger partial charge in [0.2, 0.25) is 5.91 Å². The maximum atomic E-state index is 13.1. The van der Waals surface area contributed by atoms with Gasteiger partial charge in [-0.05, 0) is 37.0 Å². The van der Waals surface area contributed by atoms with Crippen LogP contribution in [0.5, 0.6) is 0 Å². The van der Waals surface area contributed by atoms with E-state index in [1.54, 1.807) is 0 Å². The summed E-state index contributed by atoms with van der Waals surface area (Å²) in [4.78, 5) is 23.9. The Kier molecular flexibility index (Phi) is 5.30. The second-order valence-electron chi connectivity index (χ2n) is 5.36. The van der Waals surface area contributed by atoms with Gasteiger partial charge in [-0.25, -0.2) is 13.6 Å². The van der Waals surface area contributed by atoms with Gasteiger partial charge >= 0.3 is 6.09 Å². The Morgan fingerprint density at radius 2 is 1.91 bits per heavy atom. The maximum Gasteiger partial charge on any atom is 0.407 e. The first-order valence-electron chi connectivity index (χ1n) is 7.17. The van der Waals surface area contributed by atoms with Crippen LogP contribution < -0.4 is 5.32 Å². The second kappa shape index (κ2) is 7.20. The van der Waals surface area contributed by atoms with Crippen molar-refractivity contribution in [2.24, 2.45) is 0 Å². The van der Waals surface area contributed by atoms with E-state index < -0.39 is 17.7 Å². The molecule has 7 heteroatoms. The van der Waals surface area contributed by atoms with E-state index in [2.05, 4.69) is 5.32 Å². The SMILES string of the molecule is O=C(CCc1ccc(F)c(F)c1)NC1CCN(C(=O)O)CC1. The topological polar surface area (TPSA) is 69.6 Å². The van der Waals surface area contributed by atoms with E-state index in [1.807, 2.05) is 0 Å². The summed E-state index contributed by atoms with van der Waals surface area (Å²) in [6.07, 6.45) is 0.747. The maximum absolute atomic E-state index is 13.1. The minimum Gasteiger partial charge on any atom is -0.465 e. The average molecular weight is 312 g/mol. The van der Waals surface area contributed by atoms with E-state index in [4.69, 9.17) is 5.11 Å². The zero-order valence-electron chi connectivity index (χ0n) is 12.0. The number of halogens is 2. The van der Waals surface area contributed by atoms with Gasteiger partial charge in [0, 0.05) is 25.6 Å². The van der Waals surface area contributed by atoms with E-state index in [1.165, 1.54) is 11.0 Å². The van der Waals surface area contributed by atoms with Gasteiger partial charge in [0.25, 0.3) is 0 Å². The molecule has 0 saturated carbocycles. The first-order chi connectivity index (χ1) is 10.5. The van der Waals surface area contributed by atoms with Crippen LogP contribution in [0.3, 0.4) is 0 Å². The number of piperidine rings is 1. The standard InChI is InChI=1S/C15H18F2N2O3/c16-12-3-1-10(9-13(12)17)2-4-14(20)18-11-5-7-19(8-6-11)15(21)22/h1,3,9,11H,2,4-8H2,(H,18,20)(H,21,22). The first kappa shape index (κ1) is 16.2. The van der Waals surface area contributed by atoms with Gasteiger partial charge in [0.1, 0.15) is 0 Å². The summed E-state index contributed by atoms with van der Waals surface area (Å²) in [6.45, 7) is 0.812. The highest BCUT2D eigenvalue weighted by Crippen LogP contribution is 2.12. The Hall–Kier alpha value is -2.18. The van der Waals surface area contributed by atoms with Gasteiger partial charge in [-0.15, -0.1) is 0 Å². The summed E-state index contributed by atoms with van der Waals surface area (Å²) in [6, 6.07) is 3.56. The summed E-state index contributed by atoms with van der Waals surface area (Å²) in [7, 11) is 0. The minimum atomic E-state index is -0.942. The Balaban J connectivity index is 1.74. The molecule has 0 aromatic heterocycles. The quantitative estimate of drug-likeness (QED) is 0.895. The zero-order chi connectivity index (χ0) is 16.1. The van der Waals surface area contributed by atoms with Crippen molar-refractivity contribution >= 4 is 12.0 Å². The van der Waals surface area contributed by atoms with Crippen LogP contribution in [0.4, 0.5) is 13.6 Å². The molecule has 1 heterocycles. The van der Waals surface area contributed by atoms with Crippen LogP contribution in [0, 0.1) is 11.6 Å². The van der Waals surface area contributed by atoms with Crippen molar-refractivity contribution in [2.45, 2.75) is 31.7 Å². The lowest BCUT2D eigenvalue weighted by Crippen LogP contribution is -2.46. The van der Waals surface area contributed by atoms with E-state index in [0.717, 1.165) is 12.1 Å². The molecule has 2 N–H and O–H groups in total. The van der Waals surface area contributed by atoms with Gasteiger partial charge in [-0.2, -0.15) is 0 Å². The highest BCUT2D eigenvalue weighted by Gasteiger charge is 2.23. The van der Waals surface area contributed by atoms with E-state index in [0.29, 0.717) is 37.9 Å². The normalized spacial score (nSPS) is 15.6. The fourth-order valence-corrected chi connectivity index (χ4v) is 2.47. The molecule has 1 fully saturated rings. The average Bonchev–Trinajstić information content (AvgIpc) is 2.49. The number of carbonyl (C=O) groups excluding carboxylic acids is 1. The third-order valence-electron chi connectivity index (χ3n) is 3.76. The summed E-state index contributed by atoms with van der Waals surface area (Å²) < 4.78 is 25.8. The number of carboxylic acid groups (broad SMARTS) is 1. The molecule has 2 amide bonds. The predicted molar refractivity (Wildman–Crippen MR) is 75.4 cm³/mol. The molecule has 1 saturated heterocycles. The number of nitrogens with one attached hydrogen (secondary N) is 1. The lowest BCUT2D eigenvalue weighted by atomic mass is 10.0. The second-order valence-corrected chi connectivity index (χ2v) is 5.36. The van der Waals surface area contributed by atoms with Crippen LogP contribution in [-0.4, -0.2) is 41.1 Å². The number of benzene rings is 1. The molecular weight excluding hydrogens is 294 g/mol. The van der Waals surface area contributed by atoms with Crippen molar-refractivity contribution in [3.05, 3.63) is 35.4 Å². The smallest absolute Gasteiger partial charge is 0.407 e. The molecule has 1 aromatic carbocycles. The Morgan fingerprint density at radius 3 is 2.50 bits per heavy atom. The molecule has 120 valence electrons. The van der Waals surface area contributed by atoms with E-state index in [-0.39, 0.29) is 18.4 Å². The summed E-state index contributed by atoms with van der Waals surface area (Å²) >= 11 is 0. The summed E-state index contributed by atoms with van der Waals surface area (Å²) in [5.74, 6) is -1.99. The monoisotopic (exact) mass is 312 g/mol. The van der Waals surface area contributed by atoms with Crippen LogP contribution in [0.2, 0.25) is 0 Å². The Morgan fingerprint density at radius 1 is 1.23 bits per heavy atom. The van der Waals surface area contributed by atoms with E-state index >= 15 is 0 Å². The molecule has 2 rings (SSSR count). The molecule has 1 aromatic rings. The van der Waals surface area contributed by atoms with Crippen LogP contribution in [0.1, 0.15) is 24.8 Å². The third-order valence-corrected chi connectivity index (χ3v) is 3.76. The molecule has 0 unspecified atom stereocenters. The zero-order valence-corrected chi connectivity index (χ0v) is 12.0. The molecule has 0 atom stereocenters. The molecule has 0 spiro atoms. The Labute approximate surface area is 126 Å². The molecule has 0 aliphatic carbocycles. The summed E-state index contributed by atoms with van der Waals surface area (Å²) in [5.41, 5.74) is 0.565. The van der Waals surface area contributed by atoms with Crippen molar-refractivity contribution in [3.63, 3.8) is 0 Å². The van der Waals surface area contributed by atoms with Crippen LogP contribution in [-0.2, 0) is 11.2 Å². The van der Waals surface area contributed by atoms with Crippen LogP contribution in [0.25, 0.3) is 0 Å². The van der Waals surface area contributed by atoms with Gasteiger partial charge in [0.15, 0.2) is 11.6 Å². The van der Waals surface area contributed by atoms with E-state index in [9.17, 15) is 18.4 Å². The van der Waals surface area contributed by atoms with Gasteiger partial charge in [-0.1, -0.05) is 6.07 Å². The number of amides is 2. The number of rotatable bonds is 4. The van der Waals surface area contributed by atoms with Crippen molar-refractivity contribution in [1.29, 1.82) is 0 Å². The molecule has 5 nitrogen and oxygen atoms in total. The summed E-state index contributed by atoms with van der Waals surface area (Å²) in [5, 5.41) is 11.7. The molecular formula is C15H18F2N2O3. The van der Waals surface area contributed by atoms with Crippen molar-refractivity contribution in [3.8, 4) is 0 Å². The predicted octanol–water partition coefficient (Wildman–Crippen LogP) is 2.16. The number of carbonyl (C=O) groups is 2. The molecule has 22 heavy (non-hydrogen) atoms. The van der Waals surface area contributed by atoms with Crippen molar-refractivity contribution < 1.29 is 23.5 Å². The number of likely N-dealkylation sites (tertiary alicyclic amines) is 1. The highest BCUT2D eigenvalue weighted by atomic mass is 19.2. The number of aryl methyl sites for hydroxylation is 1. The lowest BCUT2D eigenvalue weighted by Gasteiger charge is -2.30. The fourth-order valence-electron chi connectivity index (χ4n) is 2.47. The number of hydrogen-bond acceptors (Lipinski definition) is 2. The van der Waals surface area contributed by atoms with Gasteiger partial charge in [0.05, 0.1) is 0 Å². The van der Waals surface area contributed by atoms with Gasteiger partial charge < -0.3 is 15.3 Å². The third kappa shape index (κ3) is 4.41. The fraction of sp³-hybridized carbons (Fsp3) is 0.467. The van der Waals surface area contributed by atoms with Gasteiger partial charge in [-0.3, -0.25) is 4.79 Å². The molecule has 1 aliphatic rings. The van der Waals surface area contributed by atoms with Crippen molar-refractivity contribution in [1.82, 2.24) is 10.2 Å². The number of hydrogen-bond donors (Lipinski definition) is 2. The molecule has 0 radical (unpaired) electrons. The minimum absolute atomic E-state index is 0.0342. The number of nitrogens with zero attached hydrogens (tertiary/aromatic N) is 1. The van der Waals surface area contributed by atoms with Crippen molar-refractivity contribution in [2.75, 3.05) is 13.1 Å². The molecule has 1 aliphatic heterocycles. The van der Waals surface area contributed by atoms with Crippen LogP contribution in [0.15, 0.2) is 18.2 Å². The molecule has 0 bridgehead atoms. The first-order valence-corrected chi connectivity index (χ1v) is 7.17. The lowest BCUT2D eigenvalue weighted by molar-refractivity contribution is -0.122. The van der Waals surface area contributed by atoms with Crippen LogP contribution >= 0.6 is 0 Å².